The summed E-state index contributed by atoms with van der Waals surface area (Å²) in [7, 11) is 0. The van der Waals surface area contributed by atoms with E-state index in [9.17, 15) is 0 Å². The lowest BCUT2D eigenvalue weighted by molar-refractivity contribution is 0.176. The van der Waals surface area contributed by atoms with Gasteiger partial charge in [-0.1, -0.05) is 25.5 Å². The molecule has 1 aliphatic rings. The van der Waals surface area contributed by atoms with Crippen LogP contribution in [0.5, 0.6) is 0 Å². The predicted molar refractivity (Wildman–Crippen MR) is 73.5 cm³/mol. The van der Waals surface area contributed by atoms with Gasteiger partial charge in [0, 0.05) is 19.3 Å². The van der Waals surface area contributed by atoms with Crippen LogP contribution in [0.3, 0.4) is 0 Å². The molecule has 0 aromatic carbocycles. The number of aliphatic imine (C=N–C) groups is 1. The Morgan fingerprint density at radius 2 is 2.24 bits per heavy atom. The van der Waals surface area contributed by atoms with Crippen molar-refractivity contribution in [2.24, 2.45) is 4.99 Å². The van der Waals surface area contributed by atoms with E-state index in [0.29, 0.717) is 6.17 Å². The second kappa shape index (κ2) is 9.37. The molecule has 0 saturated heterocycles. The number of hydrogen-bond donors (Lipinski definition) is 1. The van der Waals surface area contributed by atoms with Gasteiger partial charge in [-0.15, -0.1) is 0 Å². The van der Waals surface area contributed by atoms with Gasteiger partial charge in [-0.05, 0) is 32.1 Å². The highest BCUT2D eigenvalue weighted by atomic mass is 16.3. The number of aliphatic hydroxyl groups excluding tert-OH is 1. The first-order valence-electron chi connectivity index (χ1n) is 6.90. The van der Waals surface area contributed by atoms with Crippen LogP contribution >= 0.6 is 0 Å². The summed E-state index contributed by atoms with van der Waals surface area (Å²) in [5.74, 6) is 0. The van der Waals surface area contributed by atoms with E-state index < -0.39 is 0 Å². The number of allylic oxidation sites excluding steroid dienone is 2. The van der Waals surface area contributed by atoms with Crippen LogP contribution in [0.2, 0.25) is 0 Å². The van der Waals surface area contributed by atoms with Gasteiger partial charge in [0.25, 0.3) is 0 Å². The molecule has 3 heteroatoms. The summed E-state index contributed by atoms with van der Waals surface area (Å²) in [4.78, 5) is 6.71. The second-order valence-electron chi connectivity index (χ2n) is 4.55. The largest absolute Gasteiger partial charge is 0.395 e. The summed E-state index contributed by atoms with van der Waals surface area (Å²) in [5, 5.41) is 8.93. The Kier molecular flexibility index (Phi) is 7.93. The van der Waals surface area contributed by atoms with E-state index in [1.807, 2.05) is 6.21 Å². The van der Waals surface area contributed by atoms with Gasteiger partial charge in [-0.3, -0.25) is 9.89 Å². The highest BCUT2D eigenvalue weighted by molar-refractivity contribution is 5.62. The number of nitrogens with zero attached hydrogens (tertiary/aromatic N) is 2. The molecular formula is C14H26N2O. The Hall–Kier alpha value is -0.670. The first-order valence-corrected chi connectivity index (χ1v) is 6.90. The zero-order chi connectivity index (χ0) is 12.3. The smallest absolute Gasteiger partial charge is 0.102 e. The molecule has 0 saturated carbocycles. The lowest BCUT2D eigenvalue weighted by atomic mass is 10.1. The third-order valence-electron chi connectivity index (χ3n) is 3.14. The molecule has 0 aliphatic carbocycles. The Morgan fingerprint density at radius 1 is 1.35 bits per heavy atom. The summed E-state index contributed by atoms with van der Waals surface area (Å²) >= 11 is 0. The van der Waals surface area contributed by atoms with Crippen LogP contribution in [0.4, 0.5) is 0 Å². The molecule has 1 N–H and O–H groups in total. The minimum absolute atomic E-state index is 0.238. The summed E-state index contributed by atoms with van der Waals surface area (Å²) in [5.41, 5.74) is 0. The van der Waals surface area contributed by atoms with E-state index in [-0.39, 0.29) is 6.61 Å². The molecule has 17 heavy (non-hydrogen) atoms. The molecule has 3 nitrogen and oxygen atoms in total. The third kappa shape index (κ3) is 5.99. The molecule has 1 aliphatic heterocycles. The van der Waals surface area contributed by atoms with Crippen LogP contribution < -0.4 is 0 Å². The Balaban J connectivity index is 2.02. The van der Waals surface area contributed by atoms with E-state index in [2.05, 4.69) is 29.0 Å². The van der Waals surface area contributed by atoms with Crippen LogP contribution in [-0.2, 0) is 0 Å². The number of hydrogen-bond acceptors (Lipinski definition) is 3. The number of unbranched alkanes of at least 4 members (excludes halogenated alkanes) is 3. The molecule has 0 aromatic heterocycles. The topological polar surface area (TPSA) is 35.8 Å². The van der Waals surface area contributed by atoms with Gasteiger partial charge in [-0.25, -0.2) is 0 Å². The van der Waals surface area contributed by atoms with Gasteiger partial charge < -0.3 is 5.11 Å². The molecular weight excluding hydrogens is 212 g/mol. The van der Waals surface area contributed by atoms with Crippen molar-refractivity contribution < 1.29 is 5.11 Å². The quantitative estimate of drug-likeness (QED) is 0.495. The summed E-state index contributed by atoms with van der Waals surface area (Å²) < 4.78 is 0. The molecule has 1 heterocycles. The molecule has 0 radical (unpaired) electrons. The van der Waals surface area contributed by atoms with Crippen molar-refractivity contribution in [2.75, 3.05) is 19.7 Å². The second-order valence-corrected chi connectivity index (χ2v) is 4.55. The highest BCUT2D eigenvalue weighted by Gasteiger charge is 2.19. The van der Waals surface area contributed by atoms with Crippen molar-refractivity contribution in [3.05, 3.63) is 12.2 Å². The predicted octanol–water partition coefficient (Wildman–Crippen LogP) is 2.61. The van der Waals surface area contributed by atoms with Crippen molar-refractivity contribution in [1.82, 2.24) is 4.90 Å². The van der Waals surface area contributed by atoms with Gasteiger partial charge in [-0.2, -0.15) is 0 Å². The van der Waals surface area contributed by atoms with E-state index >= 15 is 0 Å². The molecule has 1 rings (SSSR count). The molecule has 0 bridgehead atoms. The van der Waals surface area contributed by atoms with E-state index in [4.69, 9.17) is 5.11 Å². The van der Waals surface area contributed by atoms with Gasteiger partial charge in [0.05, 0.1) is 6.61 Å². The number of rotatable bonds is 9. The maximum Gasteiger partial charge on any atom is 0.102 e. The summed E-state index contributed by atoms with van der Waals surface area (Å²) in [6.45, 7) is 4.07. The molecule has 1 atom stereocenters. The molecule has 98 valence electrons. The van der Waals surface area contributed by atoms with Crippen molar-refractivity contribution in [1.29, 1.82) is 0 Å². The Bertz CT molecular complexity index is 238. The molecule has 0 amide bonds. The van der Waals surface area contributed by atoms with Gasteiger partial charge in [0.2, 0.25) is 0 Å². The zero-order valence-corrected chi connectivity index (χ0v) is 11.0. The zero-order valence-electron chi connectivity index (χ0n) is 11.0. The fraction of sp³-hybridized carbons (Fsp3) is 0.786. The van der Waals surface area contributed by atoms with E-state index in [1.54, 1.807) is 0 Å². The molecule has 0 fully saturated rings. The molecule has 1 unspecified atom stereocenters. The van der Waals surface area contributed by atoms with Crippen LogP contribution in [0.1, 0.15) is 45.4 Å². The van der Waals surface area contributed by atoms with Crippen LogP contribution in [-0.4, -0.2) is 42.1 Å². The van der Waals surface area contributed by atoms with Gasteiger partial charge in [0.1, 0.15) is 6.17 Å². The minimum Gasteiger partial charge on any atom is -0.395 e. The van der Waals surface area contributed by atoms with E-state index in [0.717, 1.165) is 25.9 Å². The first kappa shape index (κ1) is 14.4. The average Bonchev–Trinajstić information content (AvgIpc) is 2.76. The fourth-order valence-electron chi connectivity index (χ4n) is 2.17. The average molecular weight is 238 g/mol. The lowest BCUT2D eigenvalue weighted by Gasteiger charge is -2.21. The van der Waals surface area contributed by atoms with Gasteiger partial charge >= 0.3 is 0 Å². The van der Waals surface area contributed by atoms with Crippen LogP contribution in [0, 0.1) is 0 Å². The summed E-state index contributed by atoms with van der Waals surface area (Å²) in [6, 6.07) is 0. The molecule has 0 aromatic rings. The molecule has 0 spiro atoms. The van der Waals surface area contributed by atoms with Crippen molar-refractivity contribution in [2.45, 2.75) is 51.6 Å². The Labute approximate surface area is 105 Å². The van der Waals surface area contributed by atoms with Gasteiger partial charge in [0.15, 0.2) is 0 Å². The maximum atomic E-state index is 8.93. The minimum atomic E-state index is 0.238. The lowest BCUT2D eigenvalue weighted by Crippen LogP contribution is -2.32. The standard InChI is InChI=1S/C14H26N2O/c1-2-3-4-5-6-7-8-9-14-15-10-11-16(14)12-13-17/h3-4,10,14,17H,2,5-9,11-13H2,1H3/b4-3+. The highest BCUT2D eigenvalue weighted by Crippen LogP contribution is 2.14. The monoisotopic (exact) mass is 238 g/mol. The summed E-state index contributed by atoms with van der Waals surface area (Å²) in [6.07, 6.45) is 14.1. The number of aliphatic hydroxyl groups is 1. The van der Waals surface area contributed by atoms with Crippen molar-refractivity contribution >= 4 is 6.21 Å². The SMILES string of the molecule is CC/C=C/CCCCCC1N=CCN1CCO. The Morgan fingerprint density at radius 3 is 3.00 bits per heavy atom. The third-order valence-corrected chi connectivity index (χ3v) is 3.14. The van der Waals surface area contributed by atoms with Crippen molar-refractivity contribution in [3.8, 4) is 0 Å². The van der Waals surface area contributed by atoms with Crippen molar-refractivity contribution in [3.63, 3.8) is 0 Å². The maximum absolute atomic E-state index is 8.93. The fourth-order valence-corrected chi connectivity index (χ4v) is 2.17. The first-order chi connectivity index (χ1) is 8.38. The number of β-amino-alcohol motifs (C(OH)–C–C–N with tert-alkyl or cyclic N) is 1. The normalized spacial score (nSPS) is 20.7. The van der Waals surface area contributed by atoms with E-state index in [1.165, 1.54) is 25.7 Å². The van der Waals surface area contributed by atoms with Crippen LogP contribution in [0.15, 0.2) is 17.1 Å². The van der Waals surface area contributed by atoms with Crippen LogP contribution in [0.25, 0.3) is 0 Å².